The number of unbranched alkanes of at least 4 members (excludes halogenated alkanes) is 1. The highest BCUT2D eigenvalue weighted by atomic mass is 19.2. The Morgan fingerprint density at radius 2 is 1.76 bits per heavy atom. The zero-order chi connectivity index (χ0) is 15.2. The molecule has 2 aromatic carbocycles. The van der Waals surface area contributed by atoms with E-state index in [-0.39, 0.29) is 11.5 Å². The summed E-state index contributed by atoms with van der Waals surface area (Å²) < 4.78 is 26.3. The molecule has 2 rings (SSSR count). The summed E-state index contributed by atoms with van der Waals surface area (Å²) in [5.41, 5.74) is 0.898. The van der Waals surface area contributed by atoms with Crippen LogP contribution < -0.4 is 4.90 Å². The van der Waals surface area contributed by atoms with Crippen LogP contribution in [0.2, 0.25) is 0 Å². The Bertz CT molecular complexity index is 613. The van der Waals surface area contributed by atoms with Gasteiger partial charge >= 0.3 is 0 Å². The third-order valence-electron chi connectivity index (χ3n) is 3.21. The summed E-state index contributed by atoms with van der Waals surface area (Å²) in [5.74, 6) is -2.29. The van der Waals surface area contributed by atoms with Crippen LogP contribution in [0.25, 0.3) is 0 Å². The summed E-state index contributed by atoms with van der Waals surface area (Å²) in [4.78, 5) is 14.1. The smallest absolute Gasteiger partial charge is 0.258 e. The molecule has 0 bridgehead atoms. The van der Waals surface area contributed by atoms with Gasteiger partial charge in [0.1, 0.15) is 0 Å². The first-order valence-electron chi connectivity index (χ1n) is 6.95. The van der Waals surface area contributed by atoms with Gasteiger partial charge in [0.15, 0.2) is 11.6 Å². The molecule has 2 nitrogen and oxygen atoms in total. The van der Waals surface area contributed by atoms with Crippen molar-refractivity contribution in [3.05, 3.63) is 65.7 Å². The molecule has 0 aliphatic rings. The second-order valence-corrected chi connectivity index (χ2v) is 4.77. The first-order chi connectivity index (χ1) is 10.1. The van der Waals surface area contributed by atoms with Crippen LogP contribution in [0.3, 0.4) is 0 Å². The maximum Gasteiger partial charge on any atom is 0.258 e. The summed E-state index contributed by atoms with van der Waals surface area (Å²) in [6.07, 6.45) is 1.78. The number of hydrogen-bond donors (Lipinski definition) is 0. The Balaban J connectivity index is 2.31. The van der Waals surface area contributed by atoms with E-state index in [4.69, 9.17) is 0 Å². The van der Waals surface area contributed by atoms with E-state index < -0.39 is 11.6 Å². The van der Waals surface area contributed by atoms with Gasteiger partial charge in [-0.3, -0.25) is 4.79 Å². The fraction of sp³-hybridized carbons (Fsp3) is 0.235. The maximum absolute atomic E-state index is 13.3. The van der Waals surface area contributed by atoms with Crippen molar-refractivity contribution in [2.24, 2.45) is 0 Å². The maximum atomic E-state index is 13.3. The van der Waals surface area contributed by atoms with E-state index in [0.717, 1.165) is 30.7 Å². The van der Waals surface area contributed by atoms with Crippen LogP contribution in [-0.4, -0.2) is 12.5 Å². The summed E-state index contributed by atoms with van der Waals surface area (Å²) in [5, 5.41) is 0. The van der Waals surface area contributed by atoms with Gasteiger partial charge in [-0.05, 0) is 36.8 Å². The van der Waals surface area contributed by atoms with Crippen molar-refractivity contribution >= 4 is 11.6 Å². The lowest BCUT2D eigenvalue weighted by atomic mass is 10.1. The molecule has 0 fully saturated rings. The Morgan fingerprint density at radius 1 is 1.05 bits per heavy atom. The molecule has 0 atom stereocenters. The molecule has 0 aliphatic carbocycles. The van der Waals surface area contributed by atoms with Crippen molar-refractivity contribution in [3.63, 3.8) is 0 Å². The molecule has 110 valence electrons. The number of carbonyl (C=O) groups excluding carboxylic acids is 1. The van der Waals surface area contributed by atoms with E-state index in [1.165, 1.54) is 6.07 Å². The highest BCUT2D eigenvalue weighted by molar-refractivity contribution is 6.06. The quantitative estimate of drug-likeness (QED) is 0.798. The van der Waals surface area contributed by atoms with Gasteiger partial charge in [0.2, 0.25) is 0 Å². The molecular formula is C17H17F2NO. The van der Waals surface area contributed by atoms with Gasteiger partial charge in [0.25, 0.3) is 5.91 Å². The average Bonchev–Trinajstić information content (AvgIpc) is 2.51. The largest absolute Gasteiger partial charge is 0.308 e. The third kappa shape index (κ3) is 3.66. The minimum atomic E-state index is -1.01. The zero-order valence-corrected chi connectivity index (χ0v) is 11.9. The van der Waals surface area contributed by atoms with Crippen LogP contribution in [-0.2, 0) is 0 Å². The molecule has 0 radical (unpaired) electrons. The summed E-state index contributed by atoms with van der Waals surface area (Å²) >= 11 is 0. The molecule has 21 heavy (non-hydrogen) atoms. The first kappa shape index (κ1) is 15.2. The van der Waals surface area contributed by atoms with Crippen LogP contribution >= 0.6 is 0 Å². The Labute approximate surface area is 123 Å². The van der Waals surface area contributed by atoms with Gasteiger partial charge in [0.05, 0.1) is 0 Å². The molecule has 0 saturated carbocycles. The third-order valence-corrected chi connectivity index (χ3v) is 3.21. The Hall–Kier alpha value is -2.23. The fourth-order valence-corrected chi connectivity index (χ4v) is 2.06. The lowest BCUT2D eigenvalue weighted by molar-refractivity contribution is 0.0986. The molecule has 0 aliphatic heterocycles. The monoisotopic (exact) mass is 289 g/mol. The Morgan fingerprint density at radius 3 is 2.38 bits per heavy atom. The van der Waals surface area contributed by atoms with Crippen molar-refractivity contribution in [2.45, 2.75) is 19.8 Å². The number of rotatable bonds is 5. The number of benzene rings is 2. The van der Waals surface area contributed by atoms with Gasteiger partial charge < -0.3 is 4.90 Å². The van der Waals surface area contributed by atoms with Crippen molar-refractivity contribution in [3.8, 4) is 0 Å². The number of amides is 1. The van der Waals surface area contributed by atoms with Gasteiger partial charge in [-0.25, -0.2) is 8.78 Å². The van der Waals surface area contributed by atoms with E-state index in [1.807, 2.05) is 37.3 Å². The van der Waals surface area contributed by atoms with Crippen LogP contribution in [0.5, 0.6) is 0 Å². The second-order valence-electron chi connectivity index (χ2n) is 4.77. The number of anilines is 1. The van der Waals surface area contributed by atoms with E-state index >= 15 is 0 Å². The molecule has 0 saturated heterocycles. The number of hydrogen-bond acceptors (Lipinski definition) is 1. The van der Waals surface area contributed by atoms with E-state index in [1.54, 1.807) is 4.90 Å². The summed E-state index contributed by atoms with van der Waals surface area (Å²) in [6, 6.07) is 12.4. The van der Waals surface area contributed by atoms with Crippen LogP contribution in [0.15, 0.2) is 48.5 Å². The summed E-state index contributed by atoms with van der Waals surface area (Å²) in [7, 11) is 0. The molecule has 0 aromatic heterocycles. The standard InChI is InChI=1S/C17H17F2NO/c1-2-3-11-20(14-7-5-4-6-8-14)17(21)13-9-10-15(18)16(19)12-13/h4-10,12H,2-3,11H2,1H3. The molecule has 0 unspecified atom stereocenters. The first-order valence-corrected chi connectivity index (χ1v) is 6.95. The van der Waals surface area contributed by atoms with Crippen molar-refractivity contribution in [1.82, 2.24) is 0 Å². The number of para-hydroxylation sites is 1. The van der Waals surface area contributed by atoms with Gasteiger partial charge in [-0.2, -0.15) is 0 Å². The van der Waals surface area contributed by atoms with Gasteiger partial charge in [0, 0.05) is 17.8 Å². The minimum absolute atomic E-state index is 0.147. The average molecular weight is 289 g/mol. The zero-order valence-electron chi connectivity index (χ0n) is 11.9. The number of carbonyl (C=O) groups is 1. The lowest BCUT2D eigenvalue weighted by Crippen LogP contribution is -2.32. The molecule has 4 heteroatoms. The molecule has 2 aromatic rings. The highest BCUT2D eigenvalue weighted by Crippen LogP contribution is 2.19. The van der Waals surface area contributed by atoms with E-state index in [9.17, 15) is 13.6 Å². The second kappa shape index (κ2) is 6.97. The number of nitrogens with zero attached hydrogens (tertiary/aromatic N) is 1. The minimum Gasteiger partial charge on any atom is -0.308 e. The van der Waals surface area contributed by atoms with Crippen LogP contribution in [0.4, 0.5) is 14.5 Å². The number of halogens is 2. The van der Waals surface area contributed by atoms with Crippen molar-refractivity contribution in [1.29, 1.82) is 0 Å². The van der Waals surface area contributed by atoms with Crippen molar-refractivity contribution < 1.29 is 13.6 Å². The molecule has 1 amide bonds. The van der Waals surface area contributed by atoms with Crippen LogP contribution in [0.1, 0.15) is 30.1 Å². The predicted octanol–water partition coefficient (Wildman–Crippen LogP) is 4.41. The topological polar surface area (TPSA) is 20.3 Å². The SMILES string of the molecule is CCCCN(C(=O)c1ccc(F)c(F)c1)c1ccccc1. The summed E-state index contributed by atoms with van der Waals surface area (Å²) in [6.45, 7) is 2.57. The van der Waals surface area contributed by atoms with E-state index in [0.29, 0.717) is 6.54 Å². The molecule has 0 N–H and O–H groups in total. The normalized spacial score (nSPS) is 10.4. The molecule has 0 spiro atoms. The fourth-order valence-electron chi connectivity index (χ4n) is 2.06. The van der Waals surface area contributed by atoms with Gasteiger partial charge in [-0.1, -0.05) is 31.5 Å². The Kier molecular flexibility index (Phi) is 5.04. The highest BCUT2D eigenvalue weighted by Gasteiger charge is 2.18. The predicted molar refractivity (Wildman–Crippen MR) is 79.4 cm³/mol. The van der Waals surface area contributed by atoms with Crippen LogP contribution in [0, 0.1) is 11.6 Å². The van der Waals surface area contributed by atoms with Gasteiger partial charge in [-0.15, -0.1) is 0 Å². The van der Waals surface area contributed by atoms with Crippen molar-refractivity contribution in [2.75, 3.05) is 11.4 Å². The lowest BCUT2D eigenvalue weighted by Gasteiger charge is -2.23. The molecular weight excluding hydrogens is 272 g/mol. The molecule has 0 heterocycles. The van der Waals surface area contributed by atoms with E-state index in [2.05, 4.69) is 0 Å².